The predicted octanol–water partition coefficient (Wildman–Crippen LogP) is -1.13. The molecular weight excluding hydrogens is 273 g/mol. The summed E-state index contributed by atoms with van der Waals surface area (Å²) >= 11 is 0. The molecule has 0 aliphatic carbocycles. The lowest BCUT2D eigenvalue weighted by Crippen LogP contribution is -2.31. The quantitative estimate of drug-likeness (QED) is 0.517. The van der Waals surface area contributed by atoms with Crippen LogP contribution in [-0.4, -0.2) is 34.2 Å². The van der Waals surface area contributed by atoms with Gasteiger partial charge in [-0.2, -0.15) is 10.2 Å². The van der Waals surface area contributed by atoms with E-state index in [0.717, 1.165) is 0 Å². The van der Waals surface area contributed by atoms with Gasteiger partial charge in [0.2, 0.25) is 5.95 Å². The minimum absolute atomic E-state index is 0.0399. The maximum Gasteiger partial charge on any atom is 0.492 e. The molecule has 0 bridgehead atoms. The van der Waals surface area contributed by atoms with Crippen molar-refractivity contribution in [3.63, 3.8) is 0 Å². The van der Waals surface area contributed by atoms with Gasteiger partial charge in [0.25, 0.3) is 0 Å². The van der Waals surface area contributed by atoms with Crippen LogP contribution in [-0.2, 0) is 0 Å². The molecule has 0 aliphatic rings. The summed E-state index contributed by atoms with van der Waals surface area (Å²) < 4.78 is 5.03. The van der Waals surface area contributed by atoms with Crippen molar-refractivity contribution in [3.05, 3.63) is 23.8 Å². The largest absolute Gasteiger partial charge is 0.497 e. The Labute approximate surface area is 120 Å². The fraction of sp³-hybridized carbons (Fsp3) is 0.0833. The van der Waals surface area contributed by atoms with Crippen LogP contribution in [0, 0.1) is 11.3 Å². The third-order valence-corrected chi connectivity index (χ3v) is 2.85. The Hall–Kier alpha value is -2.83. The number of methoxy groups -OCH3 is 1. The zero-order valence-electron chi connectivity index (χ0n) is 11.1. The van der Waals surface area contributed by atoms with Crippen molar-refractivity contribution in [2.75, 3.05) is 18.6 Å². The molecule has 1 aromatic heterocycles. The number of ether oxygens (including phenoxy) is 1. The van der Waals surface area contributed by atoms with Crippen molar-refractivity contribution >= 4 is 24.3 Å². The van der Waals surface area contributed by atoms with Crippen LogP contribution in [0.2, 0.25) is 0 Å². The summed E-state index contributed by atoms with van der Waals surface area (Å²) in [5.74, 6) is 0.174. The topological polar surface area (TPSA) is 151 Å². The number of benzene rings is 1. The Morgan fingerprint density at radius 3 is 2.57 bits per heavy atom. The third kappa shape index (κ3) is 2.71. The highest BCUT2D eigenvalue weighted by molar-refractivity contribution is 6.59. The molecule has 0 radical (unpaired) electrons. The monoisotopic (exact) mass is 285 g/mol. The van der Waals surface area contributed by atoms with Gasteiger partial charge in [-0.15, -0.1) is 0 Å². The number of hydrogen-bond acceptors (Lipinski definition) is 8. The summed E-state index contributed by atoms with van der Waals surface area (Å²) in [4.78, 5) is 7.71. The average molecular weight is 285 g/mol. The first-order valence-electron chi connectivity index (χ1n) is 5.85. The Morgan fingerprint density at radius 1 is 1.29 bits per heavy atom. The molecule has 9 heteroatoms. The number of anilines is 2. The second-order valence-electron chi connectivity index (χ2n) is 4.13. The minimum atomic E-state index is -1.73. The van der Waals surface area contributed by atoms with E-state index in [9.17, 15) is 10.0 Å². The Bertz CT molecular complexity index is 730. The average Bonchev–Trinajstić information content (AvgIpc) is 2.45. The van der Waals surface area contributed by atoms with Crippen molar-refractivity contribution in [3.8, 4) is 23.1 Å². The predicted molar refractivity (Wildman–Crippen MR) is 77.4 cm³/mol. The van der Waals surface area contributed by atoms with Crippen molar-refractivity contribution in [2.24, 2.45) is 0 Å². The minimum Gasteiger partial charge on any atom is -0.497 e. The first-order chi connectivity index (χ1) is 9.97. The molecule has 106 valence electrons. The molecular formula is C12H12BN5O3. The maximum atomic E-state index is 9.37. The van der Waals surface area contributed by atoms with Gasteiger partial charge in [-0.3, -0.25) is 0 Å². The van der Waals surface area contributed by atoms with E-state index in [1.54, 1.807) is 6.07 Å². The second kappa shape index (κ2) is 5.66. The van der Waals surface area contributed by atoms with Crippen LogP contribution in [0.1, 0.15) is 5.56 Å². The Kier molecular flexibility index (Phi) is 3.93. The number of nitriles is 1. The van der Waals surface area contributed by atoms with Gasteiger partial charge in [0.1, 0.15) is 23.2 Å². The number of nitrogens with two attached hydrogens (primary N) is 2. The second-order valence-corrected chi connectivity index (χ2v) is 4.13. The highest BCUT2D eigenvalue weighted by atomic mass is 16.5. The SMILES string of the molecule is COc1ccc(-c2nc(N)nc(N)c2C#N)cc1B(O)O. The Morgan fingerprint density at radius 2 is 2.00 bits per heavy atom. The summed E-state index contributed by atoms with van der Waals surface area (Å²) in [7, 11) is -0.329. The van der Waals surface area contributed by atoms with E-state index in [4.69, 9.17) is 21.5 Å². The van der Waals surface area contributed by atoms with E-state index in [2.05, 4.69) is 9.97 Å². The summed E-state index contributed by atoms with van der Waals surface area (Å²) in [5, 5.41) is 27.9. The lowest BCUT2D eigenvalue weighted by Gasteiger charge is -2.11. The molecule has 0 aliphatic heterocycles. The lowest BCUT2D eigenvalue weighted by molar-refractivity contribution is 0.403. The van der Waals surface area contributed by atoms with Crippen LogP contribution in [0.25, 0.3) is 11.3 Å². The van der Waals surface area contributed by atoms with Gasteiger partial charge in [0, 0.05) is 11.0 Å². The smallest absolute Gasteiger partial charge is 0.492 e. The van der Waals surface area contributed by atoms with Crippen molar-refractivity contribution in [1.82, 2.24) is 9.97 Å². The number of nitrogen functional groups attached to an aromatic ring is 2. The van der Waals surface area contributed by atoms with Crippen molar-refractivity contribution < 1.29 is 14.8 Å². The number of rotatable bonds is 3. The number of hydrogen-bond donors (Lipinski definition) is 4. The van der Waals surface area contributed by atoms with Crippen molar-refractivity contribution in [2.45, 2.75) is 0 Å². The molecule has 1 heterocycles. The van der Waals surface area contributed by atoms with Crippen LogP contribution in [0.4, 0.5) is 11.8 Å². The molecule has 0 spiro atoms. The lowest BCUT2D eigenvalue weighted by atomic mass is 9.78. The standard InChI is InChI=1S/C12H12BN5O3/c1-21-9-3-2-6(4-8(9)13(19)20)10-7(5-14)11(15)18-12(16)17-10/h2-4,19-20H,1H3,(H4,15,16,17,18). The van der Waals surface area contributed by atoms with Crippen LogP contribution in [0.15, 0.2) is 18.2 Å². The number of nitrogens with zero attached hydrogens (tertiary/aromatic N) is 3. The molecule has 1 aromatic carbocycles. The molecule has 2 rings (SSSR count). The molecule has 0 amide bonds. The highest BCUT2D eigenvalue weighted by Crippen LogP contribution is 2.26. The normalized spacial score (nSPS) is 10.0. The maximum absolute atomic E-state index is 9.37. The van der Waals surface area contributed by atoms with E-state index in [-0.39, 0.29) is 28.5 Å². The Balaban J connectivity index is 2.68. The molecule has 21 heavy (non-hydrogen) atoms. The fourth-order valence-electron chi connectivity index (χ4n) is 1.90. The van der Waals surface area contributed by atoms with Gasteiger partial charge in [-0.1, -0.05) is 0 Å². The third-order valence-electron chi connectivity index (χ3n) is 2.85. The van der Waals surface area contributed by atoms with Gasteiger partial charge in [-0.05, 0) is 18.2 Å². The van der Waals surface area contributed by atoms with Gasteiger partial charge >= 0.3 is 7.12 Å². The zero-order valence-corrected chi connectivity index (χ0v) is 11.1. The number of aromatic nitrogens is 2. The van der Waals surface area contributed by atoms with Gasteiger partial charge in [0.05, 0.1) is 12.8 Å². The van der Waals surface area contributed by atoms with E-state index in [1.165, 1.54) is 19.2 Å². The van der Waals surface area contributed by atoms with Crippen LogP contribution >= 0.6 is 0 Å². The molecule has 0 saturated carbocycles. The van der Waals surface area contributed by atoms with E-state index in [1.807, 2.05) is 6.07 Å². The van der Waals surface area contributed by atoms with Crippen LogP contribution in [0.3, 0.4) is 0 Å². The molecule has 0 saturated heterocycles. The molecule has 0 unspecified atom stereocenters. The summed E-state index contributed by atoms with van der Waals surface area (Å²) in [6, 6.07) is 6.47. The molecule has 8 nitrogen and oxygen atoms in total. The van der Waals surface area contributed by atoms with Gasteiger partial charge < -0.3 is 26.3 Å². The highest BCUT2D eigenvalue weighted by Gasteiger charge is 2.20. The molecule has 0 atom stereocenters. The van der Waals surface area contributed by atoms with Crippen LogP contribution in [0.5, 0.6) is 5.75 Å². The molecule has 6 N–H and O–H groups in total. The van der Waals surface area contributed by atoms with E-state index in [0.29, 0.717) is 11.3 Å². The van der Waals surface area contributed by atoms with Crippen molar-refractivity contribution in [1.29, 1.82) is 5.26 Å². The van der Waals surface area contributed by atoms with Gasteiger partial charge in [-0.25, -0.2) is 4.98 Å². The summed E-state index contributed by atoms with van der Waals surface area (Å²) in [5.41, 5.74) is 12.0. The molecule has 2 aromatic rings. The summed E-state index contributed by atoms with van der Waals surface area (Å²) in [6.07, 6.45) is 0. The fourth-order valence-corrected chi connectivity index (χ4v) is 1.90. The van der Waals surface area contributed by atoms with Gasteiger partial charge in [0.15, 0.2) is 0 Å². The molecule has 0 fully saturated rings. The summed E-state index contributed by atoms with van der Waals surface area (Å²) in [6.45, 7) is 0. The first kappa shape index (κ1) is 14.6. The first-order valence-corrected chi connectivity index (χ1v) is 5.85. The van der Waals surface area contributed by atoms with Crippen LogP contribution < -0.4 is 21.7 Å². The van der Waals surface area contributed by atoms with E-state index < -0.39 is 7.12 Å². The zero-order chi connectivity index (χ0) is 15.6. The van der Waals surface area contributed by atoms with E-state index >= 15 is 0 Å².